The zero-order valence-electron chi connectivity index (χ0n) is 11.2. The van der Waals surface area contributed by atoms with Gasteiger partial charge >= 0.3 is 0 Å². The average molecular weight is 315 g/mol. The van der Waals surface area contributed by atoms with E-state index in [1.165, 1.54) is 6.42 Å². The Bertz CT molecular complexity index is 475. The van der Waals surface area contributed by atoms with E-state index in [1.807, 2.05) is 24.3 Å². The molecule has 20 heavy (non-hydrogen) atoms. The third kappa shape index (κ3) is 2.95. The largest absolute Gasteiger partial charge is 0.352 e. The van der Waals surface area contributed by atoms with E-state index in [4.69, 9.17) is 17.3 Å². The number of amides is 1. The number of fused-ring (bicyclic) bond motifs is 2. The van der Waals surface area contributed by atoms with Gasteiger partial charge in [0, 0.05) is 17.6 Å². The Kier molecular flexibility index (Phi) is 4.95. The van der Waals surface area contributed by atoms with E-state index in [9.17, 15) is 4.79 Å². The number of rotatable bonds is 3. The van der Waals surface area contributed by atoms with Gasteiger partial charge in [-0.2, -0.15) is 0 Å². The van der Waals surface area contributed by atoms with Gasteiger partial charge in [0.2, 0.25) is 5.91 Å². The maximum atomic E-state index is 12.3. The monoisotopic (exact) mass is 314 g/mol. The molecule has 2 saturated carbocycles. The van der Waals surface area contributed by atoms with Gasteiger partial charge < -0.3 is 11.1 Å². The van der Waals surface area contributed by atoms with E-state index in [0.29, 0.717) is 23.4 Å². The number of hydrogen-bond donors (Lipinski definition) is 2. The van der Waals surface area contributed by atoms with Gasteiger partial charge in [0.15, 0.2) is 0 Å². The van der Waals surface area contributed by atoms with Gasteiger partial charge in [0.25, 0.3) is 0 Å². The van der Waals surface area contributed by atoms with Gasteiger partial charge in [-0.05, 0) is 48.8 Å². The molecule has 1 aromatic rings. The fourth-order valence-electron chi connectivity index (χ4n) is 3.63. The molecule has 2 aliphatic rings. The second kappa shape index (κ2) is 6.33. The molecule has 2 bridgehead atoms. The summed E-state index contributed by atoms with van der Waals surface area (Å²) in [6, 6.07) is 7.61. The van der Waals surface area contributed by atoms with E-state index in [2.05, 4.69) is 5.32 Å². The van der Waals surface area contributed by atoms with E-state index < -0.39 is 0 Å². The summed E-state index contributed by atoms with van der Waals surface area (Å²) in [6.45, 7) is 0.552. The summed E-state index contributed by atoms with van der Waals surface area (Å²) < 4.78 is 0. The first kappa shape index (κ1) is 15.6. The predicted octanol–water partition coefficient (Wildman–Crippen LogP) is 2.75. The Morgan fingerprint density at radius 3 is 2.50 bits per heavy atom. The summed E-state index contributed by atoms with van der Waals surface area (Å²) in [7, 11) is 0. The number of nitrogens with two attached hydrogens (primary N) is 1. The van der Waals surface area contributed by atoms with Crippen LogP contribution in [0.1, 0.15) is 24.8 Å². The summed E-state index contributed by atoms with van der Waals surface area (Å²) in [6.07, 6.45) is 3.50. The van der Waals surface area contributed by atoms with Crippen molar-refractivity contribution in [2.75, 3.05) is 0 Å². The predicted molar refractivity (Wildman–Crippen MR) is 82.8 cm³/mol. The third-order valence-electron chi connectivity index (χ3n) is 4.66. The van der Waals surface area contributed by atoms with Crippen LogP contribution in [-0.2, 0) is 11.3 Å². The van der Waals surface area contributed by atoms with Crippen molar-refractivity contribution in [3.63, 3.8) is 0 Å². The van der Waals surface area contributed by atoms with Crippen LogP contribution in [0.5, 0.6) is 0 Å². The highest BCUT2D eigenvalue weighted by atomic mass is 35.5. The van der Waals surface area contributed by atoms with Crippen LogP contribution in [0, 0.1) is 17.8 Å². The maximum Gasteiger partial charge on any atom is 0.225 e. The van der Waals surface area contributed by atoms with Crippen LogP contribution in [0.4, 0.5) is 0 Å². The highest BCUT2D eigenvalue weighted by molar-refractivity contribution is 6.30. The third-order valence-corrected chi connectivity index (χ3v) is 4.92. The van der Waals surface area contributed by atoms with Crippen molar-refractivity contribution in [3.05, 3.63) is 34.9 Å². The minimum Gasteiger partial charge on any atom is -0.352 e. The van der Waals surface area contributed by atoms with Crippen molar-refractivity contribution in [1.82, 2.24) is 5.32 Å². The van der Waals surface area contributed by atoms with Crippen molar-refractivity contribution in [2.24, 2.45) is 23.5 Å². The van der Waals surface area contributed by atoms with Gasteiger partial charge in [0.1, 0.15) is 0 Å². The highest BCUT2D eigenvalue weighted by Gasteiger charge is 2.48. The Morgan fingerprint density at radius 2 is 1.90 bits per heavy atom. The molecule has 0 aromatic heterocycles. The number of halogens is 2. The molecule has 2 fully saturated rings. The highest BCUT2D eigenvalue weighted by Crippen LogP contribution is 2.47. The van der Waals surface area contributed by atoms with Crippen LogP contribution in [-0.4, -0.2) is 11.9 Å². The number of carbonyl (C=O) groups is 1. The smallest absolute Gasteiger partial charge is 0.225 e. The Balaban J connectivity index is 0.00000147. The molecule has 2 aliphatic carbocycles. The minimum absolute atomic E-state index is 0. The van der Waals surface area contributed by atoms with Gasteiger partial charge in [-0.25, -0.2) is 0 Å². The van der Waals surface area contributed by atoms with Crippen molar-refractivity contribution in [1.29, 1.82) is 0 Å². The average Bonchev–Trinajstić information content (AvgIpc) is 2.98. The Labute approximate surface area is 130 Å². The van der Waals surface area contributed by atoms with E-state index in [-0.39, 0.29) is 30.3 Å². The quantitative estimate of drug-likeness (QED) is 0.901. The van der Waals surface area contributed by atoms with Crippen molar-refractivity contribution >= 4 is 29.9 Å². The standard InChI is InChI=1S/C15H19ClN2O.ClH/c16-12-5-1-9(2-6-12)8-18-15(19)13-10-3-4-11(7-10)14(13)17;/h1-2,5-6,10-11,13-14H,3-4,7-8,17H2,(H,18,19);1H. The van der Waals surface area contributed by atoms with Crippen LogP contribution >= 0.6 is 24.0 Å². The minimum atomic E-state index is 0. The molecule has 0 spiro atoms. The summed E-state index contributed by atoms with van der Waals surface area (Å²) in [5, 5.41) is 3.73. The lowest BCUT2D eigenvalue weighted by Crippen LogP contribution is -2.45. The maximum absolute atomic E-state index is 12.3. The fraction of sp³-hybridized carbons (Fsp3) is 0.533. The second-order valence-corrected chi connectivity index (χ2v) is 6.22. The molecule has 1 amide bonds. The van der Waals surface area contributed by atoms with Crippen LogP contribution in [0.3, 0.4) is 0 Å². The van der Waals surface area contributed by atoms with Crippen LogP contribution < -0.4 is 11.1 Å². The van der Waals surface area contributed by atoms with E-state index in [0.717, 1.165) is 18.4 Å². The van der Waals surface area contributed by atoms with Crippen LogP contribution in [0.25, 0.3) is 0 Å². The zero-order valence-corrected chi connectivity index (χ0v) is 12.8. The first-order valence-corrected chi connectivity index (χ1v) is 7.30. The van der Waals surface area contributed by atoms with Gasteiger partial charge in [-0.15, -0.1) is 12.4 Å². The topological polar surface area (TPSA) is 55.1 Å². The molecule has 1 aromatic carbocycles. The number of nitrogens with one attached hydrogen (secondary N) is 1. The van der Waals surface area contributed by atoms with E-state index in [1.54, 1.807) is 0 Å². The molecule has 3 nitrogen and oxygen atoms in total. The molecule has 110 valence electrons. The Hall–Kier alpha value is -0.770. The van der Waals surface area contributed by atoms with Crippen molar-refractivity contribution in [3.8, 4) is 0 Å². The Morgan fingerprint density at radius 1 is 1.25 bits per heavy atom. The lowest BCUT2D eigenvalue weighted by atomic mass is 9.84. The van der Waals surface area contributed by atoms with Gasteiger partial charge in [0.05, 0.1) is 5.92 Å². The number of benzene rings is 1. The lowest BCUT2D eigenvalue weighted by molar-refractivity contribution is -0.127. The zero-order chi connectivity index (χ0) is 13.4. The molecule has 4 unspecified atom stereocenters. The molecule has 4 atom stereocenters. The summed E-state index contributed by atoms with van der Waals surface area (Å²) >= 11 is 5.84. The molecule has 5 heteroatoms. The first-order chi connectivity index (χ1) is 9.15. The molecule has 3 rings (SSSR count). The second-order valence-electron chi connectivity index (χ2n) is 5.78. The molecule has 3 N–H and O–H groups in total. The van der Waals surface area contributed by atoms with E-state index >= 15 is 0 Å². The summed E-state index contributed by atoms with van der Waals surface area (Å²) in [5.74, 6) is 1.21. The normalized spacial score (nSPS) is 30.9. The molecule has 0 saturated heterocycles. The SMILES string of the molecule is Cl.NC1C2CCC(C2)C1C(=O)NCc1ccc(Cl)cc1. The molecule has 0 aliphatic heterocycles. The van der Waals surface area contributed by atoms with Crippen LogP contribution in [0.2, 0.25) is 5.02 Å². The summed E-state index contributed by atoms with van der Waals surface area (Å²) in [5.41, 5.74) is 7.24. The number of hydrogen-bond acceptors (Lipinski definition) is 2. The number of carbonyl (C=O) groups excluding carboxylic acids is 1. The fourth-order valence-corrected chi connectivity index (χ4v) is 3.76. The molecular formula is C15H20Cl2N2O. The molecular weight excluding hydrogens is 295 g/mol. The first-order valence-electron chi connectivity index (χ1n) is 6.93. The van der Waals surface area contributed by atoms with Crippen molar-refractivity contribution < 1.29 is 4.79 Å². The molecule has 0 heterocycles. The van der Waals surface area contributed by atoms with Crippen molar-refractivity contribution in [2.45, 2.75) is 31.8 Å². The lowest BCUT2D eigenvalue weighted by Gasteiger charge is -2.27. The molecule has 0 radical (unpaired) electrons. The van der Waals surface area contributed by atoms with Crippen LogP contribution in [0.15, 0.2) is 24.3 Å². The summed E-state index contributed by atoms with van der Waals surface area (Å²) in [4.78, 5) is 12.3. The van der Waals surface area contributed by atoms with Gasteiger partial charge in [-0.3, -0.25) is 4.79 Å². The van der Waals surface area contributed by atoms with Gasteiger partial charge in [-0.1, -0.05) is 23.7 Å².